The number of likely N-dealkylation sites (N-methyl/N-ethyl adjacent to an activating group) is 1. The average molecular weight is 261 g/mol. The predicted octanol–water partition coefficient (Wildman–Crippen LogP) is 3.72. The Morgan fingerprint density at radius 1 is 1.00 bits per heavy atom. The fourth-order valence-electron chi connectivity index (χ4n) is 3.33. The van der Waals surface area contributed by atoms with Crippen LogP contribution in [0.15, 0.2) is 24.3 Å². The Morgan fingerprint density at radius 2 is 1.47 bits per heavy atom. The van der Waals surface area contributed by atoms with Crippen molar-refractivity contribution in [3.8, 4) is 0 Å². The summed E-state index contributed by atoms with van der Waals surface area (Å²) in [4.78, 5) is 2.22. The van der Waals surface area contributed by atoms with Crippen LogP contribution in [0.1, 0.15) is 62.7 Å². The van der Waals surface area contributed by atoms with Gasteiger partial charge < -0.3 is 10.0 Å². The van der Waals surface area contributed by atoms with Crippen molar-refractivity contribution >= 4 is 0 Å². The van der Waals surface area contributed by atoms with Crippen molar-refractivity contribution in [2.45, 2.75) is 57.1 Å². The standard InChI is InChI=1S/C17H27NO/c1-13(2)14-7-9-15(10-8-14)16(19)17(18(3)4)11-5-6-12-17/h7-10,13,16,19H,5-6,11-12H2,1-4H3. The first-order chi connectivity index (χ1) is 8.97. The molecular formula is C17H27NO. The van der Waals surface area contributed by atoms with Gasteiger partial charge in [-0.3, -0.25) is 0 Å². The van der Waals surface area contributed by atoms with Crippen molar-refractivity contribution in [2.75, 3.05) is 14.1 Å². The Bertz CT molecular complexity index is 402. The summed E-state index contributed by atoms with van der Waals surface area (Å²) in [6, 6.07) is 8.51. The minimum atomic E-state index is -0.383. The van der Waals surface area contributed by atoms with Gasteiger partial charge in [0.1, 0.15) is 0 Å². The van der Waals surface area contributed by atoms with Crippen LogP contribution in [0.3, 0.4) is 0 Å². The molecular weight excluding hydrogens is 234 g/mol. The van der Waals surface area contributed by atoms with Crippen molar-refractivity contribution < 1.29 is 5.11 Å². The molecule has 1 aromatic rings. The summed E-state index contributed by atoms with van der Waals surface area (Å²) in [6.07, 6.45) is 4.24. The van der Waals surface area contributed by atoms with Gasteiger partial charge in [0.15, 0.2) is 0 Å². The monoisotopic (exact) mass is 261 g/mol. The second kappa shape index (κ2) is 5.64. The minimum absolute atomic E-state index is 0.0701. The average Bonchev–Trinajstić information content (AvgIpc) is 2.88. The third kappa shape index (κ3) is 2.70. The summed E-state index contributed by atoms with van der Waals surface area (Å²) in [5, 5.41) is 10.8. The van der Waals surface area contributed by atoms with Crippen LogP contribution < -0.4 is 0 Å². The Kier molecular flexibility index (Phi) is 4.32. The van der Waals surface area contributed by atoms with E-state index in [1.54, 1.807) is 0 Å². The van der Waals surface area contributed by atoms with Gasteiger partial charge in [-0.05, 0) is 44.0 Å². The SMILES string of the molecule is CC(C)c1ccc(C(O)C2(N(C)C)CCCC2)cc1. The van der Waals surface area contributed by atoms with Gasteiger partial charge in [-0.1, -0.05) is 51.0 Å². The van der Waals surface area contributed by atoms with Gasteiger partial charge in [0, 0.05) is 0 Å². The summed E-state index contributed by atoms with van der Waals surface area (Å²) in [5.41, 5.74) is 2.32. The van der Waals surface area contributed by atoms with Crippen LogP contribution in [0.4, 0.5) is 0 Å². The second-order valence-electron chi connectivity index (χ2n) is 6.43. The van der Waals surface area contributed by atoms with Gasteiger partial charge in [0.25, 0.3) is 0 Å². The van der Waals surface area contributed by atoms with Crippen LogP contribution in [0.5, 0.6) is 0 Å². The lowest BCUT2D eigenvalue weighted by atomic mass is 9.84. The molecule has 106 valence electrons. The topological polar surface area (TPSA) is 23.5 Å². The van der Waals surface area contributed by atoms with E-state index in [1.165, 1.54) is 18.4 Å². The summed E-state index contributed by atoms with van der Waals surface area (Å²) < 4.78 is 0. The maximum Gasteiger partial charge on any atom is 0.0973 e. The number of aliphatic hydroxyl groups excluding tert-OH is 1. The molecule has 2 nitrogen and oxygen atoms in total. The van der Waals surface area contributed by atoms with Crippen LogP contribution in [0.2, 0.25) is 0 Å². The molecule has 0 aromatic heterocycles. The van der Waals surface area contributed by atoms with Crippen molar-refractivity contribution in [3.63, 3.8) is 0 Å². The summed E-state index contributed by atoms with van der Waals surface area (Å²) >= 11 is 0. The third-order valence-corrected chi connectivity index (χ3v) is 4.79. The zero-order chi connectivity index (χ0) is 14.0. The van der Waals surface area contributed by atoms with E-state index in [0.29, 0.717) is 5.92 Å². The number of aliphatic hydroxyl groups is 1. The second-order valence-corrected chi connectivity index (χ2v) is 6.43. The third-order valence-electron chi connectivity index (χ3n) is 4.79. The van der Waals surface area contributed by atoms with E-state index in [-0.39, 0.29) is 11.6 Å². The fourth-order valence-corrected chi connectivity index (χ4v) is 3.33. The number of benzene rings is 1. The Labute approximate surface area is 117 Å². The summed E-state index contributed by atoms with van der Waals surface area (Å²) in [5.74, 6) is 0.542. The molecule has 2 rings (SSSR count). The van der Waals surface area contributed by atoms with Crippen LogP contribution in [0, 0.1) is 0 Å². The molecule has 0 saturated heterocycles. The highest BCUT2D eigenvalue weighted by molar-refractivity contribution is 5.28. The molecule has 19 heavy (non-hydrogen) atoms. The minimum Gasteiger partial charge on any atom is -0.386 e. The first-order valence-corrected chi connectivity index (χ1v) is 7.43. The fraction of sp³-hybridized carbons (Fsp3) is 0.647. The van der Waals surface area contributed by atoms with E-state index in [1.807, 2.05) is 0 Å². The lowest BCUT2D eigenvalue weighted by Crippen LogP contribution is -2.47. The van der Waals surface area contributed by atoms with Crippen molar-refractivity contribution in [3.05, 3.63) is 35.4 Å². The lowest BCUT2D eigenvalue weighted by molar-refractivity contribution is -0.00475. The molecule has 0 bridgehead atoms. The van der Waals surface area contributed by atoms with Gasteiger partial charge in [-0.25, -0.2) is 0 Å². The maximum atomic E-state index is 10.8. The molecule has 1 atom stereocenters. The Balaban J connectivity index is 2.24. The van der Waals surface area contributed by atoms with E-state index in [0.717, 1.165) is 18.4 Å². The number of nitrogens with zero attached hydrogens (tertiary/aromatic N) is 1. The Morgan fingerprint density at radius 3 is 1.89 bits per heavy atom. The molecule has 1 aliphatic rings. The summed E-state index contributed by atoms with van der Waals surface area (Å²) in [7, 11) is 4.19. The number of rotatable bonds is 4. The van der Waals surface area contributed by atoms with Crippen molar-refractivity contribution in [1.29, 1.82) is 0 Å². The maximum absolute atomic E-state index is 10.8. The van der Waals surface area contributed by atoms with Crippen LogP contribution in [-0.2, 0) is 0 Å². The molecule has 1 unspecified atom stereocenters. The molecule has 1 saturated carbocycles. The molecule has 0 radical (unpaired) electrons. The smallest absolute Gasteiger partial charge is 0.0973 e. The first kappa shape index (κ1) is 14.5. The molecule has 0 aliphatic heterocycles. The molecule has 2 heteroatoms. The van der Waals surface area contributed by atoms with Crippen LogP contribution >= 0.6 is 0 Å². The zero-order valence-electron chi connectivity index (χ0n) is 12.7. The Hall–Kier alpha value is -0.860. The van der Waals surface area contributed by atoms with Gasteiger partial charge in [-0.2, -0.15) is 0 Å². The van der Waals surface area contributed by atoms with Gasteiger partial charge >= 0.3 is 0 Å². The quantitative estimate of drug-likeness (QED) is 0.893. The van der Waals surface area contributed by atoms with Crippen molar-refractivity contribution in [1.82, 2.24) is 4.90 Å². The van der Waals surface area contributed by atoms with E-state index >= 15 is 0 Å². The van der Waals surface area contributed by atoms with Crippen molar-refractivity contribution in [2.24, 2.45) is 0 Å². The van der Waals surface area contributed by atoms with Crippen LogP contribution in [0.25, 0.3) is 0 Å². The number of hydrogen-bond acceptors (Lipinski definition) is 2. The summed E-state index contributed by atoms with van der Waals surface area (Å²) in [6.45, 7) is 4.40. The first-order valence-electron chi connectivity index (χ1n) is 7.43. The largest absolute Gasteiger partial charge is 0.386 e. The van der Waals surface area contributed by atoms with E-state index in [9.17, 15) is 5.11 Å². The van der Waals surface area contributed by atoms with E-state index < -0.39 is 0 Å². The molecule has 1 aromatic carbocycles. The molecule has 1 N–H and O–H groups in total. The molecule has 0 spiro atoms. The zero-order valence-corrected chi connectivity index (χ0v) is 12.7. The van der Waals surface area contributed by atoms with Gasteiger partial charge in [0.05, 0.1) is 11.6 Å². The van der Waals surface area contributed by atoms with Gasteiger partial charge in [-0.15, -0.1) is 0 Å². The van der Waals surface area contributed by atoms with Gasteiger partial charge in [0.2, 0.25) is 0 Å². The highest BCUT2D eigenvalue weighted by Gasteiger charge is 2.43. The highest BCUT2D eigenvalue weighted by atomic mass is 16.3. The van der Waals surface area contributed by atoms with E-state index in [2.05, 4.69) is 57.1 Å². The molecule has 0 heterocycles. The predicted molar refractivity (Wildman–Crippen MR) is 80.4 cm³/mol. The molecule has 1 aliphatic carbocycles. The highest BCUT2D eigenvalue weighted by Crippen LogP contribution is 2.43. The molecule has 1 fully saturated rings. The normalized spacial score (nSPS) is 20.2. The molecule has 0 amide bonds. The number of hydrogen-bond donors (Lipinski definition) is 1. The van der Waals surface area contributed by atoms with E-state index in [4.69, 9.17) is 0 Å². The lowest BCUT2D eigenvalue weighted by Gasteiger charge is -2.40. The van der Waals surface area contributed by atoms with Crippen LogP contribution in [-0.4, -0.2) is 29.6 Å².